The van der Waals surface area contributed by atoms with Gasteiger partial charge in [-0.15, -0.1) is 6.58 Å². The van der Waals surface area contributed by atoms with Gasteiger partial charge in [-0.25, -0.2) is 0 Å². The minimum absolute atomic E-state index is 0.518. The van der Waals surface area contributed by atoms with E-state index in [1.807, 2.05) is 6.08 Å². The van der Waals surface area contributed by atoms with Gasteiger partial charge in [0.05, 0.1) is 12.7 Å². The van der Waals surface area contributed by atoms with Crippen molar-refractivity contribution in [3.63, 3.8) is 0 Å². The lowest BCUT2D eigenvalue weighted by Crippen LogP contribution is -2.36. The molecule has 0 radical (unpaired) electrons. The minimum atomic E-state index is 0.518. The molecule has 1 aliphatic rings. The topological polar surface area (TPSA) is 9.23 Å². The van der Waals surface area contributed by atoms with E-state index in [4.69, 9.17) is 4.74 Å². The quantitative estimate of drug-likeness (QED) is 0.430. The Labute approximate surface area is 63.1 Å². The molecule has 2 atom stereocenters. The average Bonchev–Trinajstić information content (AvgIpc) is 1.95. The first-order valence-corrected chi connectivity index (χ1v) is 4.07. The van der Waals surface area contributed by atoms with Gasteiger partial charge in [0.15, 0.2) is 0 Å². The van der Waals surface area contributed by atoms with Crippen molar-refractivity contribution < 1.29 is 4.74 Å². The Hall–Kier alpha value is -0.300. The molecule has 1 rings (SSSR count). The van der Waals surface area contributed by atoms with Crippen molar-refractivity contribution in [2.45, 2.75) is 32.3 Å². The fraction of sp³-hybridized carbons (Fsp3) is 0.778. The molecule has 0 bridgehead atoms. The van der Waals surface area contributed by atoms with E-state index in [1.165, 1.54) is 12.8 Å². The standard InChI is InChI=1S/C9H16O/c1-3-4-5-6-9-7-10-8(9)2/h3,8-9H,1,4-7H2,2H3/t8-,9-/m0/s1. The molecule has 0 aromatic carbocycles. The summed E-state index contributed by atoms with van der Waals surface area (Å²) in [6.45, 7) is 6.83. The zero-order valence-electron chi connectivity index (χ0n) is 6.68. The van der Waals surface area contributed by atoms with Gasteiger partial charge in [-0.1, -0.05) is 6.08 Å². The van der Waals surface area contributed by atoms with Crippen LogP contribution in [-0.2, 0) is 4.74 Å². The zero-order chi connectivity index (χ0) is 7.40. The second-order valence-corrected chi connectivity index (χ2v) is 3.02. The van der Waals surface area contributed by atoms with Gasteiger partial charge >= 0.3 is 0 Å². The molecule has 0 N–H and O–H groups in total. The highest BCUT2D eigenvalue weighted by Crippen LogP contribution is 2.24. The van der Waals surface area contributed by atoms with E-state index >= 15 is 0 Å². The van der Waals surface area contributed by atoms with Gasteiger partial charge in [-0.3, -0.25) is 0 Å². The van der Waals surface area contributed by atoms with E-state index in [1.54, 1.807) is 0 Å². The summed E-state index contributed by atoms with van der Waals surface area (Å²) >= 11 is 0. The van der Waals surface area contributed by atoms with Crippen LogP contribution in [0.5, 0.6) is 0 Å². The van der Waals surface area contributed by atoms with Crippen LogP contribution >= 0.6 is 0 Å². The molecule has 0 aromatic heterocycles. The van der Waals surface area contributed by atoms with Crippen molar-refractivity contribution in [2.24, 2.45) is 5.92 Å². The first-order valence-electron chi connectivity index (χ1n) is 4.07. The Balaban J connectivity index is 1.97. The molecule has 0 spiro atoms. The summed E-state index contributed by atoms with van der Waals surface area (Å²) in [5.74, 6) is 0.833. The lowest BCUT2D eigenvalue weighted by Gasteiger charge is -2.34. The second kappa shape index (κ2) is 3.77. The van der Waals surface area contributed by atoms with Gasteiger partial charge in [-0.05, 0) is 26.2 Å². The number of hydrogen-bond acceptors (Lipinski definition) is 1. The molecule has 0 saturated carbocycles. The Bertz CT molecular complexity index is 109. The maximum atomic E-state index is 5.25. The van der Waals surface area contributed by atoms with Crippen molar-refractivity contribution in [1.29, 1.82) is 0 Å². The van der Waals surface area contributed by atoms with Crippen LogP contribution in [0.4, 0.5) is 0 Å². The number of ether oxygens (including phenoxy) is 1. The average molecular weight is 140 g/mol. The largest absolute Gasteiger partial charge is 0.378 e. The van der Waals surface area contributed by atoms with Gasteiger partial charge in [0.25, 0.3) is 0 Å². The van der Waals surface area contributed by atoms with E-state index in [9.17, 15) is 0 Å². The molecule has 0 amide bonds. The molecule has 0 unspecified atom stereocenters. The van der Waals surface area contributed by atoms with Crippen LogP contribution in [-0.4, -0.2) is 12.7 Å². The molecule has 0 aromatic rings. The Kier molecular flexibility index (Phi) is 2.94. The van der Waals surface area contributed by atoms with Gasteiger partial charge in [0.1, 0.15) is 0 Å². The normalized spacial score (nSPS) is 31.3. The zero-order valence-corrected chi connectivity index (χ0v) is 6.68. The third-order valence-corrected chi connectivity index (χ3v) is 2.22. The van der Waals surface area contributed by atoms with Crippen LogP contribution in [0.15, 0.2) is 12.7 Å². The van der Waals surface area contributed by atoms with Crippen LogP contribution in [0.1, 0.15) is 26.2 Å². The Morgan fingerprint density at radius 2 is 2.50 bits per heavy atom. The third-order valence-electron chi connectivity index (χ3n) is 2.22. The molecule has 1 saturated heterocycles. The summed E-state index contributed by atoms with van der Waals surface area (Å²) in [5, 5.41) is 0. The van der Waals surface area contributed by atoms with Gasteiger partial charge in [0, 0.05) is 5.92 Å². The second-order valence-electron chi connectivity index (χ2n) is 3.02. The summed E-state index contributed by atoms with van der Waals surface area (Å²) in [4.78, 5) is 0. The Morgan fingerprint density at radius 1 is 1.70 bits per heavy atom. The molecule has 10 heavy (non-hydrogen) atoms. The molecule has 58 valence electrons. The SMILES string of the molecule is C=CCCC[C@H]1CO[C@H]1C. The van der Waals surface area contributed by atoms with Crippen molar-refractivity contribution in [3.05, 3.63) is 12.7 Å². The molecule has 1 nitrogen and oxygen atoms in total. The van der Waals surface area contributed by atoms with Crippen LogP contribution in [0, 0.1) is 5.92 Å². The van der Waals surface area contributed by atoms with E-state index in [0.717, 1.165) is 18.9 Å². The molecule has 1 heterocycles. The van der Waals surface area contributed by atoms with Crippen molar-refractivity contribution >= 4 is 0 Å². The molecule has 1 aliphatic heterocycles. The number of hydrogen-bond donors (Lipinski definition) is 0. The summed E-state index contributed by atoms with van der Waals surface area (Å²) in [6, 6.07) is 0. The van der Waals surface area contributed by atoms with E-state index in [-0.39, 0.29) is 0 Å². The predicted molar refractivity (Wildman–Crippen MR) is 43.0 cm³/mol. The fourth-order valence-corrected chi connectivity index (χ4v) is 1.27. The van der Waals surface area contributed by atoms with Crippen LogP contribution in [0.3, 0.4) is 0 Å². The smallest absolute Gasteiger partial charge is 0.0597 e. The van der Waals surface area contributed by atoms with Crippen molar-refractivity contribution in [2.75, 3.05) is 6.61 Å². The summed E-state index contributed by atoms with van der Waals surface area (Å²) < 4.78 is 5.25. The molecule has 1 fully saturated rings. The number of rotatable bonds is 4. The first-order chi connectivity index (χ1) is 4.84. The highest BCUT2D eigenvalue weighted by molar-refractivity contribution is 4.76. The van der Waals surface area contributed by atoms with Gasteiger partial charge < -0.3 is 4.74 Å². The summed E-state index contributed by atoms with van der Waals surface area (Å²) in [6.07, 6.45) is 6.26. The summed E-state index contributed by atoms with van der Waals surface area (Å²) in [7, 11) is 0. The van der Waals surface area contributed by atoms with Gasteiger partial charge in [-0.2, -0.15) is 0 Å². The lowest BCUT2D eigenvalue weighted by atomic mass is 9.93. The predicted octanol–water partition coefficient (Wildman–Crippen LogP) is 2.38. The number of allylic oxidation sites excluding steroid dienone is 1. The van der Waals surface area contributed by atoms with Crippen molar-refractivity contribution in [1.82, 2.24) is 0 Å². The first kappa shape index (κ1) is 7.80. The summed E-state index contributed by atoms with van der Waals surface area (Å²) in [5.41, 5.74) is 0. The van der Waals surface area contributed by atoms with Crippen molar-refractivity contribution in [3.8, 4) is 0 Å². The lowest BCUT2D eigenvalue weighted by molar-refractivity contribution is -0.106. The maximum absolute atomic E-state index is 5.25. The Morgan fingerprint density at radius 3 is 2.90 bits per heavy atom. The van der Waals surface area contributed by atoms with E-state index in [2.05, 4.69) is 13.5 Å². The number of unbranched alkanes of at least 4 members (excludes halogenated alkanes) is 1. The third kappa shape index (κ3) is 1.84. The van der Waals surface area contributed by atoms with Crippen LogP contribution < -0.4 is 0 Å². The molecular weight excluding hydrogens is 124 g/mol. The monoisotopic (exact) mass is 140 g/mol. The van der Waals surface area contributed by atoms with Crippen LogP contribution in [0.25, 0.3) is 0 Å². The molecule has 1 heteroatoms. The minimum Gasteiger partial charge on any atom is -0.378 e. The molecular formula is C9H16O. The highest BCUT2D eigenvalue weighted by Gasteiger charge is 2.26. The van der Waals surface area contributed by atoms with Crippen LogP contribution in [0.2, 0.25) is 0 Å². The maximum Gasteiger partial charge on any atom is 0.0597 e. The molecule has 0 aliphatic carbocycles. The van der Waals surface area contributed by atoms with E-state index < -0.39 is 0 Å². The fourth-order valence-electron chi connectivity index (χ4n) is 1.27. The van der Waals surface area contributed by atoms with E-state index in [0.29, 0.717) is 6.10 Å². The highest BCUT2D eigenvalue weighted by atomic mass is 16.5. The van der Waals surface area contributed by atoms with Gasteiger partial charge in [0.2, 0.25) is 0 Å².